The van der Waals surface area contributed by atoms with Gasteiger partial charge in [-0.3, -0.25) is 4.90 Å². The predicted octanol–water partition coefficient (Wildman–Crippen LogP) is 5.07. The van der Waals surface area contributed by atoms with Crippen molar-refractivity contribution in [3.8, 4) is 6.07 Å². The summed E-state index contributed by atoms with van der Waals surface area (Å²) in [6, 6.07) is 11.4. The summed E-state index contributed by atoms with van der Waals surface area (Å²) < 4.78 is 46.5. The zero-order valence-corrected chi connectivity index (χ0v) is 15.8. The van der Waals surface area contributed by atoms with Crippen molar-refractivity contribution in [3.05, 3.63) is 35.9 Å². The third kappa shape index (κ3) is 4.14. The largest absolute Gasteiger partial charge is 0.419 e. The summed E-state index contributed by atoms with van der Waals surface area (Å²) in [4.78, 5) is 1.92. The lowest BCUT2D eigenvalue weighted by Gasteiger charge is -2.55. The smallest absolute Gasteiger partial charge is 0.358 e. The maximum atomic E-state index is 13.7. The summed E-state index contributed by atoms with van der Waals surface area (Å²) in [5.74, 6) is 0. The molecule has 148 valence electrons. The van der Waals surface area contributed by atoms with E-state index in [4.69, 9.17) is 10.00 Å². The van der Waals surface area contributed by atoms with E-state index in [9.17, 15) is 13.2 Å². The minimum atomic E-state index is -4.37. The zero-order chi connectivity index (χ0) is 19.5. The highest BCUT2D eigenvalue weighted by atomic mass is 19.4. The zero-order valence-electron chi connectivity index (χ0n) is 15.8. The van der Waals surface area contributed by atoms with E-state index in [0.717, 1.165) is 37.7 Å². The number of nitrogens with zero attached hydrogens (tertiary/aromatic N) is 2. The molecule has 1 heterocycles. The Morgan fingerprint density at radius 3 is 2.33 bits per heavy atom. The summed E-state index contributed by atoms with van der Waals surface area (Å²) >= 11 is 0. The molecule has 1 saturated carbocycles. The lowest BCUT2D eigenvalue weighted by Crippen LogP contribution is -2.72. The van der Waals surface area contributed by atoms with Gasteiger partial charge in [-0.1, -0.05) is 37.3 Å². The van der Waals surface area contributed by atoms with E-state index >= 15 is 0 Å². The van der Waals surface area contributed by atoms with Crippen molar-refractivity contribution in [1.82, 2.24) is 4.90 Å². The predicted molar refractivity (Wildman–Crippen MR) is 96.8 cm³/mol. The van der Waals surface area contributed by atoms with Gasteiger partial charge in [-0.2, -0.15) is 18.4 Å². The van der Waals surface area contributed by atoms with E-state index in [1.54, 1.807) is 24.3 Å². The second-order valence-corrected chi connectivity index (χ2v) is 8.09. The number of alkyl halides is 3. The van der Waals surface area contributed by atoms with Crippen LogP contribution in [0.5, 0.6) is 0 Å². The van der Waals surface area contributed by atoms with Crippen LogP contribution in [-0.4, -0.2) is 35.8 Å². The molecule has 0 amide bonds. The molecule has 0 spiro atoms. The summed E-state index contributed by atoms with van der Waals surface area (Å²) in [6.07, 6.45) is 0.693. The molecule has 1 aliphatic carbocycles. The van der Waals surface area contributed by atoms with Gasteiger partial charge >= 0.3 is 6.18 Å². The van der Waals surface area contributed by atoms with Crippen LogP contribution in [0.2, 0.25) is 0 Å². The maximum Gasteiger partial charge on any atom is 0.419 e. The summed E-state index contributed by atoms with van der Waals surface area (Å²) in [7, 11) is 0. The number of halogens is 3. The SMILES string of the molecule is CC[C@]1(CC#N)CC[C@@H](N2CC(OCc3ccccc3)(C(F)(F)F)C2)CC1. The van der Waals surface area contributed by atoms with Crippen molar-refractivity contribution in [2.45, 2.75) is 69.9 Å². The van der Waals surface area contributed by atoms with E-state index < -0.39 is 11.8 Å². The Labute approximate surface area is 159 Å². The van der Waals surface area contributed by atoms with E-state index in [1.807, 2.05) is 11.0 Å². The van der Waals surface area contributed by atoms with Gasteiger partial charge in [0.25, 0.3) is 0 Å². The van der Waals surface area contributed by atoms with Crippen molar-refractivity contribution in [1.29, 1.82) is 5.26 Å². The van der Waals surface area contributed by atoms with Crippen LogP contribution < -0.4 is 0 Å². The molecule has 27 heavy (non-hydrogen) atoms. The van der Waals surface area contributed by atoms with Crippen molar-refractivity contribution >= 4 is 0 Å². The standard InChI is InChI=1S/C21H27F3N2O/c1-2-19(12-13-25)10-8-18(9-11-19)26-15-20(16-26,21(22,23)24)27-14-17-6-4-3-5-7-17/h3-7,18H,2,8-12,14-16H2,1H3/t18-,19+. The Kier molecular flexibility index (Phi) is 5.83. The van der Waals surface area contributed by atoms with Gasteiger partial charge in [0, 0.05) is 25.6 Å². The molecule has 0 unspecified atom stereocenters. The Morgan fingerprint density at radius 2 is 1.81 bits per heavy atom. The van der Waals surface area contributed by atoms with Crippen molar-refractivity contribution < 1.29 is 17.9 Å². The fourth-order valence-corrected chi connectivity index (χ4v) is 4.42. The topological polar surface area (TPSA) is 36.3 Å². The lowest BCUT2D eigenvalue weighted by molar-refractivity contribution is -0.327. The van der Waals surface area contributed by atoms with Crippen LogP contribution in [0.3, 0.4) is 0 Å². The fourth-order valence-electron chi connectivity index (χ4n) is 4.42. The Bertz CT molecular complexity index is 654. The molecule has 2 fully saturated rings. The molecular formula is C21H27F3N2O. The molecule has 0 bridgehead atoms. The van der Waals surface area contributed by atoms with Crippen LogP contribution in [0.4, 0.5) is 13.2 Å². The molecule has 0 N–H and O–H groups in total. The molecule has 0 radical (unpaired) electrons. The van der Waals surface area contributed by atoms with Gasteiger partial charge < -0.3 is 4.74 Å². The first-order valence-corrected chi connectivity index (χ1v) is 9.69. The van der Waals surface area contributed by atoms with Crippen LogP contribution in [-0.2, 0) is 11.3 Å². The quantitative estimate of drug-likeness (QED) is 0.691. The third-order valence-electron chi connectivity index (χ3n) is 6.53. The number of nitriles is 1. The molecule has 1 aromatic carbocycles. The average molecular weight is 380 g/mol. The van der Waals surface area contributed by atoms with E-state index in [-0.39, 0.29) is 31.2 Å². The number of hydrogen-bond acceptors (Lipinski definition) is 3. The van der Waals surface area contributed by atoms with E-state index in [0.29, 0.717) is 6.42 Å². The second kappa shape index (κ2) is 7.81. The molecule has 1 saturated heterocycles. The van der Waals surface area contributed by atoms with Crippen LogP contribution >= 0.6 is 0 Å². The van der Waals surface area contributed by atoms with Gasteiger partial charge in [0.2, 0.25) is 0 Å². The van der Waals surface area contributed by atoms with E-state index in [1.165, 1.54) is 0 Å². The fraction of sp³-hybridized carbons (Fsp3) is 0.667. The van der Waals surface area contributed by atoms with Crippen LogP contribution in [0.25, 0.3) is 0 Å². The molecule has 3 nitrogen and oxygen atoms in total. The van der Waals surface area contributed by atoms with Crippen LogP contribution in [0, 0.1) is 16.7 Å². The molecule has 0 aromatic heterocycles. The molecule has 1 aliphatic heterocycles. The lowest BCUT2D eigenvalue weighted by atomic mass is 9.68. The minimum Gasteiger partial charge on any atom is -0.358 e. The minimum absolute atomic E-state index is 0.0278. The summed E-state index contributed by atoms with van der Waals surface area (Å²) in [6.45, 7) is 1.89. The van der Waals surface area contributed by atoms with Gasteiger partial charge in [0.1, 0.15) is 0 Å². The highest BCUT2D eigenvalue weighted by molar-refractivity contribution is 5.14. The number of rotatable bonds is 6. The van der Waals surface area contributed by atoms with Crippen LogP contribution in [0.15, 0.2) is 30.3 Å². The van der Waals surface area contributed by atoms with Gasteiger partial charge in [0.15, 0.2) is 5.60 Å². The molecular weight excluding hydrogens is 353 g/mol. The monoisotopic (exact) mass is 380 g/mol. The normalized spacial score (nSPS) is 28.3. The van der Waals surface area contributed by atoms with Crippen molar-refractivity contribution in [3.63, 3.8) is 0 Å². The number of likely N-dealkylation sites (tertiary alicyclic amines) is 1. The Morgan fingerprint density at radius 1 is 1.19 bits per heavy atom. The Hall–Kier alpha value is -1.58. The van der Waals surface area contributed by atoms with Gasteiger partial charge in [-0.15, -0.1) is 0 Å². The molecule has 0 atom stereocenters. The molecule has 2 aliphatic rings. The molecule has 3 rings (SSSR count). The van der Waals surface area contributed by atoms with Crippen LogP contribution in [0.1, 0.15) is 51.0 Å². The van der Waals surface area contributed by atoms with Gasteiger partial charge in [-0.05, 0) is 43.1 Å². The van der Waals surface area contributed by atoms with E-state index in [2.05, 4.69) is 13.0 Å². The van der Waals surface area contributed by atoms with Gasteiger partial charge in [-0.25, -0.2) is 0 Å². The third-order valence-corrected chi connectivity index (χ3v) is 6.53. The van der Waals surface area contributed by atoms with Crippen molar-refractivity contribution in [2.75, 3.05) is 13.1 Å². The first kappa shape index (κ1) is 20.2. The number of ether oxygens (including phenoxy) is 1. The Balaban J connectivity index is 1.58. The van der Waals surface area contributed by atoms with Crippen molar-refractivity contribution in [2.24, 2.45) is 5.41 Å². The highest BCUT2D eigenvalue weighted by Gasteiger charge is 2.64. The second-order valence-electron chi connectivity index (χ2n) is 8.09. The molecule has 1 aromatic rings. The average Bonchev–Trinajstić information content (AvgIpc) is 2.62. The first-order valence-electron chi connectivity index (χ1n) is 9.69. The first-order chi connectivity index (χ1) is 12.8. The van der Waals surface area contributed by atoms with Gasteiger partial charge in [0.05, 0.1) is 12.7 Å². The summed E-state index contributed by atoms with van der Waals surface area (Å²) in [5.41, 5.74) is -1.25. The maximum absolute atomic E-state index is 13.7. The summed E-state index contributed by atoms with van der Waals surface area (Å²) in [5, 5.41) is 9.06. The number of benzene rings is 1. The molecule has 6 heteroatoms. The highest BCUT2D eigenvalue weighted by Crippen LogP contribution is 2.47. The number of hydrogen-bond donors (Lipinski definition) is 0.